The summed E-state index contributed by atoms with van der Waals surface area (Å²) < 4.78 is 19.1. The first-order chi connectivity index (χ1) is 13.2. The Bertz CT molecular complexity index is 997. The average Bonchev–Trinajstić information content (AvgIpc) is 3.29. The molecule has 5 nitrogen and oxygen atoms in total. The minimum absolute atomic E-state index is 0.284. The number of methoxy groups -OCH3 is 1. The van der Waals surface area contributed by atoms with Crippen molar-refractivity contribution in [3.63, 3.8) is 0 Å². The standard InChI is InChI=1S/C20H21FN4OS/c1-26-16-6-5-13(11-15(16)21)24-7-9-25(10-8-24)19-18-14-3-2-4-17(14)27-20(18)23-12-22-19/h5-6,11-12H,2-4,7-10H2,1H3. The maximum atomic E-state index is 14.0. The van der Waals surface area contributed by atoms with Crippen LogP contribution >= 0.6 is 11.3 Å². The maximum Gasteiger partial charge on any atom is 0.167 e. The van der Waals surface area contributed by atoms with Crippen molar-refractivity contribution in [3.05, 3.63) is 40.8 Å². The molecule has 1 aromatic carbocycles. The highest BCUT2D eigenvalue weighted by Gasteiger charge is 2.26. The summed E-state index contributed by atoms with van der Waals surface area (Å²) in [5.41, 5.74) is 2.36. The van der Waals surface area contributed by atoms with Crippen LogP contribution in [-0.2, 0) is 12.8 Å². The summed E-state index contributed by atoms with van der Waals surface area (Å²) in [5.74, 6) is 1.04. The number of nitrogens with zero attached hydrogens (tertiary/aromatic N) is 4. The molecule has 0 unspecified atom stereocenters. The number of benzene rings is 1. The minimum atomic E-state index is -0.316. The molecular weight excluding hydrogens is 363 g/mol. The Morgan fingerprint density at radius 2 is 1.89 bits per heavy atom. The lowest BCUT2D eigenvalue weighted by molar-refractivity contribution is 0.386. The molecule has 140 valence electrons. The number of ether oxygens (including phenoxy) is 1. The third kappa shape index (κ3) is 2.81. The van der Waals surface area contributed by atoms with Crippen LogP contribution in [0.15, 0.2) is 24.5 Å². The van der Waals surface area contributed by atoms with Crippen molar-refractivity contribution in [1.29, 1.82) is 0 Å². The monoisotopic (exact) mass is 384 g/mol. The highest BCUT2D eigenvalue weighted by atomic mass is 32.1. The van der Waals surface area contributed by atoms with E-state index in [-0.39, 0.29) is 11.6 Å². The molecule has 1 aliphatic carbocycles. The van der Waals surface area contributed by atoms with Crippen molar-refractivity contribution in [2.45, 2.75) is 19.3 Å². The summed E-state index contributed by atoms with van der Waals surface area (Å²) >= 11 is 1.83. The third-order valence-electron chi connectivity index (χ3n) is 5.56. The molecule has 1 fully saturated rings. The van der Waals surface area contributed by atoms with Crippen LogP contribution in [0.4, 0.5) is 15.9 Å². The summed E-state index contributed by atoms with van der Waals surface area (Å²) in [5, 5.41) is 1.26. The van der Waals surface area contributed by atoms with Crippen LogP contribution in [0.25, 0.3) is 10.2 Å². The second-order valence-electron chi connectivity index (χ2n) is 7.03. The third-order valence-corrected chi connectivity index (χ3v) is 6.76. The first-order valence-electron chi connectivity index (χ1n) is 9.33. The van der Waals surface area contributed by atoms with E-state index in [0.29, 0.717) is 0 Å². The fourth-order valence-electron chi connectivity index (χ4n) is 4.18. The second kappa shape index (κ2) is 6.64. The number of fused-ring (bicyclic) bond motifs is 3. The quantitative estimate of drug-likeness (QED) is 0.689. The first kappa shape index (κ1) is 16.7. The van der Waals surface area contributed by atoms with Gasteiger partial charge in [0.25, 0.3) is 0 Å². The van der Waals surface area contributed by atoms with Crippen molar-refractivity contribution in [3.8, 4) is 5.75 Å². The van der Waals surface area contributed by atoms with Crippen LogP contribution in [0.1, 0.15) is 16.9 Å². The van der Waals surface area contributed by atoms with E-state index in [1.165, 1.54) is 35.8 Å². The largest absolute Gasteiger partial charge is 0.494 e. The molecule has 0 saturated carbocycles. The molecule has 27 heavy (non-hydrogen) atoms. The Hall–Kier alpha value is -2.41. The van der Waals surface area contributed by atoms with Crippen LogP contribution in [0.2, 0.25) is 0 Å². The summed E-state index contributed by atoms with van der Waals surface area (Å²) in [6.45, 7) is 3.40. The molecule has 2 aromatic heterocycles. The number of hydrogen-bond donors (Lipinski definition) is 0. The van der Waals surface area contributed by atoms with Crippen LogP contribution in [0.5, 0.6) is 5.75 Å². The van der Waals surface area contributed by atoms with E-state index < -0.39 is 0 Å². The molecule has 1 aliphatic heterocycles. The molecule has 0 radical (unpaired) electrons. The zero-order valence-electron chi connectivity index (χ0n) is 15.2. The van der Waals surface area contributed by atoms with E-state index in [2.05, 4.69) is 19.8 Å². The lowest BCUT2D eigenvalue weighted by atomic mass is 10.1. The zero-order valence-corrected chi connectivity index (χ0v) is 16.1. The molecule has 5 rings (SSSR count). The number of aromatic nitrogens is 2. The molecule has 7 heteroatoms. The van der Waals surface area contributed by atoms with E-state index in [1.807, 2.05) is 17.4 Å². The van der Waals surface area contributed by atoms with Gasteiger partial charge in [-0.1, -0.05) is 0 Å². The SMILES string of the molecule is COc1ccc(N2CCN(c3ncnc4sc5c(c34)CCC5)CC2)cc1F. The fraction of sp³-hybridized carbons (Fsp3) is 0.400. The van der Waals surface area contributed by atoms with Crippen molar-refractivity contribution in [2.75, 3.05) is 43.1 Å². The van der Waals surface area contributed by atoms with E-state index >= 15 is 0 Å². The van der Waals surface area contributed by atoms with Crippen molar-refractivity contribution in [2.24, 2.45) is 0 Å². The normalized spacial score (nSPS) is 16.8. The first-order valence-corrected chi connectivity index (χ1v) is 10.1. The van der Waals surface area contributed by atoms with Crippen LogP contribution in [0, 0.1) is 5.82 Å². The number of aryl methyl sites for hydroxylation is 2. The van der Waals surface area contributed by atoms with Crippen molar-refractivity contribution >= 4 is 33.1 Å². The van der Waals surface area contributed by atoms with Crippen molar-refractivity contribution < 1.29 is 9.13 Å². The molecule has 0 atom stereocenters. The molecule has 3 heterocycles. The van der Waals surface area contributed by atoms with E-state index in [4.69, 9.17) is 4.74 Å². The molecule has 0 N–H and O–H groups in total. The van der Waals surface area contributed by atoms with Gasteiger partial charge in [0.05, 0.1) is 12.5 Å². The van der Waals surface area contributed by atoms with Gasteiger partial charge in [0, 0.05) is 42.8 Å². The Balaban J connectivity index is 1.38. The predicted octanol–water partition coefficient (Wildman–Crippen LogP) is 3.65. The predicted molar refractivity (Wildman–Crippen MR) is 107 cm³/mol. The van der Waals surface area contributed by atoms with Gasteiger partial charge in [0.2, 0.25) is 0 Å². The molecule has 1 saturated heterocycles. The van der Waals surface area contributed by atoms with E-state index in [1.54, 1.807) is 18.5 Å². The molecule has 0 amide bonds. The highest BCUT2D eigenvalue weighted by Crippen LogP contribution is 2.40. The summed E-state index contributed by atoms with van der Waals surface area (Å²) in [6, 6.07) is 5.18. The average molecular weight is 384 g/mol. The second-order valence-corrected chi connectivity index (χ2v) is 8.11. The van der Waals surface area contributed by atoms with E-state index in [9.17, 15) is 4.39 Å². The van der Waals surface area contributed by atoms with Gasteiger partial charge in [-0.3, -0.25) is 0 Å². The maximum absolute atomic E-state index is 14.0. The van der Waals surface area contributed by atoms with Crippen LogP contribution in [0.3, 0.4) is 0 Å². The summed E-state index contributed by atoms with van der Waals surface area (Å²) in [7, 11) is 1.49. The van der Waals surface area contributed by atoms with Crippen LogP contribution < -0.4 is 14.5 Å². The Morgan fingerprint density at radius 1 is 1.07 bits per heavy atom. The highest BCUT2D eigenvalue weighted by molar-refractivity contribution is 7.19. The lowest BCUT2D eigenvalue weighted by Crippen LogP contribution is -2.47. The number of piperazine rings is 1. The Morgan fingerprint density at radius 3 is 2.67 bits per heavy atom. The van der Waals surface area contributed by atoms with Gasteiger partial charge in [0.15, 0.2) is 11.6 Å². The molecule has 3 aromatic rings. The van der Waals surface area contributed by atoms with Gasteiger partial charge in [-0.25, -0.2) is 14.4 Å². The Labute approximate surface area is 161 Å². The molecule has 0 bridgehead atoms. The minimum Gasteiger partial charge on any atom is -0.494 e. The van der Waals surface area contributed by atoms with Gasteiger partial charge < -0.3 is 14.5 Å². The smallest absolute Gasteiger partial charge is 0.167 e. The van der Waals surface area contributed by atoms with Gasteiger partial charge in [-0.2, -0.15) is 0 Å². The number of anilines is 2. The van der Waals surface area contributed by atoms with E-state index in [0.717, 1.165) is 48.9 Å². The number of rotatable bonds is 3. The van der Waals surface area contributed by atoms with Gasteiger partial charge in [0.1, 0.15) is 17.0 Å². The topological polar surface area (TPSA) is 41.5 Å². The van der Waals surface area contributed by atoms with Crippen molar-refractivity contribution in [1.82, 2.24) is 9.97 Å². The summed E-state index contributed by atoms with van der Waals surface area (Å²) in [6.07, 6.45) is 5.24. The van der Waals surface area contributed by atoms with Gasteiger partial charge in [-0.15, -0.1) is 11.3 Å². The number of hydrogen-bond acceptors (Lipinski definition) is 6. The van der Waals surface area contributed by atoms with Gasteiger partial charge in [-0.05, 0) is 37.0 Å². The lowest BCUT2D eigenvalue weighted by Gasteiger charge is -2.37. The fourth-order valence-corrected chi connectivity index (χ4v) is 5.40. The van der Waals surface area contributed by atoms with Gasteiger partial charge >= 0.3 is 0 Å². The number of halogens is 1. The molecular formula is C20H21FN4OS. The molecule has 0 spiro atoms. The molecule has 2 aliphatic rings. The summed E-state index contributed by atoms with van der Waals surface area (Å²) in [4.78, 5) is 16.3. The zero-order chi connectivity index (χ0) is 18.4. The number of thiophene rings is 1. The Kier molecular flexibility index (Phi) is 4.11. The van der Waals surface area contributed by atoms with Crippen LogP contribution in [-0.4, -0.2) is 43.3 Å².